The number of nitrogens with one attached hydrogen (secondary N) is 1. The summed E-state index contributed by atoms with van der Waals surface area (Å²) in [4.78, 5) is 25.0. The maximum Gasteiger partial charge on any atom is 0.255 e. The van der Waals surface area contributed by atoms with E-state index in [1.54, 1.807) is 74.7 Å². The lowest BCUT2D eigenvalue weighted by molar-refractivity contribution is 0.0818. The van der Waals surface area contributed by atoms with Crippen molar-refractivity contribution in [1.82, 2.24) is 0 Å². The van der Waals surface area contributed by atoms with E-state index in [4.69, 9.17) is 9.47 Å². The Labute approximate surface area is 170 Å². The second kappa shape index (κ2) is 9.06. The molecule has 0 aliphatic heterocycles. The monoisotopic (exact) mass is 389 g/mol. The Morgan fingerprint density at radius 1 is 0.862 bits per heavy atom. The van der Waals surface area contributed by atoms with Crippen molar-refractivity contribution in [3.8, 4) is 11.5 Å². The van der Waals surface area contributed by atoms with Crippen LogP contribution in [0.2, 0.25) is 0 Å². The van der Waals surface area contributed by atoms with Gasteiger partial charge in [0.2, 0.25) is 5.78 Å². The van der Waals surface area contributed by atoms with Gasteiger partial charge in [0.15, 0.2) is 6.10 Å². The number of amides is 1. The quantitative estimate of drug-likeness (QED) is 0.584. The van der Waals surface area contributed by atoms with Crippen LogP contribution in [0.5, 0.6) is 11.5 Å². The van der Waals surface area contributed by atoms with Crippen molar-refractivity contribution in [1.29, 1.82) is 0 Å². The van der Waals surface area contributed by atoms with Crippen molar-refractivity contribution in [2.24, 2.45) is 0 Å². The fraction of sp³-hybridized carbons (Fsp3) is 0.167. The lowest BCUT2D eigenvalue weighted by Crippen LogP contribution is -2.24. The molecule has 1 atom stereocenters. The van der Waals surface area contributed by atoms with Crippen LogP contribution >= 0.6 is 0 Å². The van der Waals surface area contributed by atoms with E-state index in [0.29, 0.717) is 28.3 Å². The van der Waals surface area contributed by atoms with Gasteiger partial charge >= 0.3 is 0 Å². The summed E-state index contributed by atoms with van der Waals surface area (Å²) >= 11 is 0. The second-order valence-corrected chi connectivity index (χ2v) is 6.70. The third-order valence-electron chi connectivity index (χ3n) is 4.44. The average Bonchev–Trinajstić information content (AvgIpc) is 2.74. The van der Waals surface area contributed by atoms with Crippen LogP contribution in [0.3, 0.4) is 0 Å². The fourth-order valence-corrected chi connectivity index (χ4v) is 2.82. The topological polar surface area (TPSA) is 64.6 Å². The Balaban J connectivity index is 1.68. The number of carbonyl (C=O) groups is 2. The van der Waals surface area contributed by atoms with Gasteiger partial charge in [-0.05, 0) is 44.2 Å². The maximum absolute atomic E-state index is 12.6. The molecule has 3 aromatic rings. The number of aryl methyl sites for hydroxylation is 1. The van der Waals surface area contributed by atoms with Crippen LogP contribution in [0, 0.1) is 6.92 Å². The summed E-state index contributed by atoms with van der Waals surface area (Å²) in [7, 11) is 1.55. The minimum Gasteiger partial charge on any atom is -0.497 e. The van der Waals surface area contributed by atoms with E-state index in [-0.39, 0.29) is 11.7 Å². The molecule has 0 aliphatic rings. The van der Waals surface area contributed by atoms with Crippen molar-refractivity contribution in [3.05, 3.63) is 89.5 Å². The largest absolute Gasteiger partial charge is 0.497 e. The van der Waals surface area contributed by atoms with Crippen molar-refractivity contribution >= 4 is 17.4 Å². The molecule has 0 heterocycles. The SMILES string of the molecule is COc1cccc(C(=O)Nc2cccc(OC(C)C(=O)c3ccc(C)cc3)c2)c1. The minimum absolute atomic E-state index is 0.101. The molecule has 0 radical (unpaired) electrons. The Hall–Kier alpha value is -3.60. The van der Waals surface area contributed by atoms with Gasteiger partial charge < -0.3 is 14.8 Å². The van der Waals surface area contributed by atoms with Gasteiger partial charge in [0, 0.05) is 22.9 Å². The van der Waals surface area contributed by atoms with Gasteiger partial charge in [-0.3, -0.25) is 9.59 Å². The van der Waals surface area contributed by atoms with Crippen LogP contribution in [-0.2, 0) is 0 Å². The minimum atomic E-state index is -0.651. The van der Waals surface area contributed by atoms with Crippen molar-refractivity contribution in [2.45, 2.75) is 20.0 Å². The number of ether oxygens (including phenoxy) is 2. The molecule has 1 unspecified atom stereocenters. The highest BCUT2D eigenvalue weighted by atomic mass is 16.5. The van der Waals surface area contributed by atoms with Gasteiger partial charge in [-0.1, -0.05) is 42.0 Å². The van der Waals surface area contributed by atoms with E-state index in [1.807, 2.05) is 19.1 Å². The molecule has 0 fully saturated rings. The third-order valence-corrected chi connectivity index (χ3v) is 4.44. The summed E-state index contributed by atoms with van der Waals surface area (Å²) < 4.78 is 11.0. The molecule has 3 rings (SSSR count). The maximum atomic E-state index is 12.6. The second-order valence-electron chi connectivity index (χ2n) is 6.70. The van der Waals surface area contributed by atoms with Crippen LogP contribution in [-0.4, -0.2) is 24.9 Å². The molecular formula is C24H23NO4. The lowest BCUT2D eigenvalue weighted by atomic mass is 10.1. The average molecular weight is 389 g/mol. The first-order valence-electron chi connectivity index (χ1n) is 9.29. The molecule has 5 heteroatoms. The first-order chi connectivity index (χ1) is 14.0. The van der Waals surface area contributed by atoms with Crippen molar-refractivity contribution in [2.75, 3.05) is 12.4 Å². The van der Waals surface area contributed by atoms with Crippen molar-refractivity contribution < 1.29 is 19.1 Å². The number of Topliss-reactive ketones (excluding diaryl/α,β-unsaturated/α-hetero) is 1. The first-order valence-corrected chi connectivity index (χ1v) is 9.29. The van der Waals surface area contributed by atoms with Gasteiger partial charge in [0.25, 0.3) is 5.91 Å². The highest BCUT2D eigenvalue weighted by molar-refractivity contribution is 6.04. The predicted molar refractivity (Wildman–Crippen MR) is 113 cm³/mol. The van der Waals surface area contributed by atoms with E-state index < -0.39 is 6.10 Å². The standard InChI is InChI=1S/C24H23NO4/c1-16-10-12-18(13-11-16)23(26)17(2)29-22-9-5-7-20(15-22)25-24(27)19-6-4-8-21(14-19)28-3/h4-15,17H,1-3H3,(H,25,27). The molecule has 0 aliphatic carbocycles. The molecule has 3 aromatic carbocycles. The van der Waals surface area contributed by atoms with E-state index in [2.05, 4.69) is 5.32 Å². The predicted octanol–water partition coefficient (Wildman–Crippen LogP) is 4.91. The van der Waals surface area contributed by atoms with Crippen LogP contribution in [0.25, 0.3) is 0 Å². The van der Waals surface area contributed by atoms with Gasteiger partial charge in [0.1, 0.15) is 11.5 Å². The molecule has 0 bridgehead atoms. The number of hydrogen-bond donors (Lipinski definition) is 1. The molecule has 29 heavy (non-hydrogen) atoms. The summed E-state index contributed by atoms with van der Waals surface area (Å²) in [6.07, 6.45) is -0.651. The summed E-state index contributed by atoms with van der Waals surface area (Å²) in [5.74, 6) is 0.750. The number of benzene rings is 3. The molecule has 0 saturated carbocycles. The van der Waals surface area contributed by atoms with Gasteiger partial charge in [0.05, 0.1) is 7.11 Å². The summed E-state index contributed by atoms with van der Waals surface area (Å²) in [5, 5.41) is 2.83. The molecule has 0 spiro atoms. The Bertz CT molecular complexity index is 1010. The van der Waals surface area contributed by atoms with E-state index in [0.717, 1.165) is 5.56 Å². The number of methoxy groups -OCH3 is 1. The highest BCUT2D eigenvalue weighted by Crippen LogP contribution is 2.21. The Kier molecular flexibility index (Phi) is 6.29. The van der Waals surface area contributed by atoms with Crippen LogP contribution in [0.4, 0.5) is 5.69 Å². The van der Waals surface area contributed by atoms with Crippen LogP contribution < -0.4 is 14.8 Å². The number of anilines is 1. The molecule has 0 saturated heterocycles. The molecule has 0 aromatic heterocycles. The van der Waals surface area contributed by atoms with Crippen LogP contribution in [0.15, 0.2) is 72.8 Å². The summed E-state index contributed by atoms with van der Waals surface area (Å²) in [6.45, 7) is 3.68. The zero-order valence-corrected chi connectivity index (χ0v) is 16.6. The number of rotatable bonds is 7. The lowest BCUT2D eigenvalue weighted by Gasteiger charge is -2.15. The van der Waals surface area contributed by atoms with Gasteiger partial charge in [-0.15, -0.1) is 0 Å². The number of hydrogen-bond acceptors (Lipinski definition) is 4. The molecule has 1 amide bonds. The van der Waals surface area contributed by atoms with E-state index in [1.165, 1.54) is 0 Å². The zero-order valence-electron chi connectivity index (χ0n) is 16.6. The van der Waals surface area contributed by atoms with Gasteiger partial charge in [-0.25, -0.2) is 0 Å². The van der Waals surface area contributed by atoms with Crippen LogP contribution in [0.1, 0.15) is 33.2 Å². The summed E-state index contributed by atoms with van der Waals surface area (Å²) in [5.41, 5.74) is 2.75. The zero-order chi connectivity index (χ0) is 20.8. The number of ketones is 1. The van der Waals surface area contributed by atoms with E-state index >= 15 is 0 Å². The Morgan fingerprint density at radius 3 is 2.28 bits per heavy atom. The summed E-state index contributed by atoms with van der Waals surface area (Å²) in [6, 6.07) is 21.3. The number of carbonyl (C=O) groups excluding carboxylic acids is 2. The molecular weight excluding hydrogens is 366 g/mol. The molecule has 1 N–H and O–H groups in total. The smallest absolute Gasteiger partial charge is 0.255 e. The van der Waals surface area contributed by atoms with Crippen molar-refractivity contribution in [3.63, 3.8) is 0 Å². The normalized spacial score (nSPS) is 11.4. The molecule has 148 valence electrons. The van der Waals surface area contributed by atoms with E-state index in [9.17, 15) is 9.59 Å². The molecule has 5 nitrogen and oxygen atoms in total. The van der Waals surface area contributed by atoms with Gasteiger partial charge in [-0.2, -0.15) is 0 Å². The highest BCUT2D eigenvalue weighted by Gasteiger charge is 2.17. The first kappa shape index (κ1) is 20.1. The third kappa shape index (κ3) is 5.23. The fourth-order valence-electron chi connectivity index (χ4n) is 2.82. The Morgan fingerprint density at radius 2 is 1.55 bits per heavy atom.